The second-order valence-electron chi connectivity index (χ2n) is 4.60. The zero-order valence-electron chi connectivity index (χ0n) is 11.1. The molecule has 19 heavy (non-hydrogen) atoms. The van der Waals surface area contributed by atoms with Crippen molar-refractivity contribution in [2.45, 2.75) is 13.5 Å². The lowest BCUT2D eigenvalue weighted by molar-refractivity contribution is 0.0779. The summed E-state index contributed by atoms with van der Waals surface area (Å²) in [6.07, 6.45) is 0. The summed E-state index contributed by atoms with van der Waals surface area (Å²) in [6.45, 7) is 2.59. The average Bonchev–Trinajstić information content (AvgIpc) is 2.38. The fourth-order valence-electron chi connectivity index (χ4n) is 1.92. The predicted molar refractivity (Wildman–Crippen MR) is 75.6 cm³/mol. The molecule has 0 aliphatic carbocycles. The maximum absolute atomic E-state index is 12.2. The molecule has 0 saturated carbocycles. The van der Waals surface area contributed by atoms with Gasteiger partial charge >= 0.3 is 0 Å². The van der Waals surface area contributed by atoms with E-state index in [-0.39, 0.29) is 5.91 Å². The number of hydrogen-bond acceptors (Lipinski definition) is 3. The van der Waals surface area contributed by atoms with Crippen LogP contribution in [-0.2, 0) is 6.54 Å². The van der Waals surface area contributed by atoms with Crippen molar-refractivity contribution in [3.05, 3.63) is 59.3 Å². The van der Waals surface area contributed by atoms with E-state index in [2.05, 4.69) is 11.1 Å². The van der Waals surface area contributed by atoms with Gasteiger partial charge in [-0.25, -0.2) is 4.98 Å². The van der Waals surface area contributed by atoms with Crippen LogP contribution in [0.4, 0.5) is 5.82 Å². The number of amides is 1. The minimum absolute atomic E-state index is 0.131. The number of nitrogens with two attached hydrogens (primary N) is 1. The first-order valence-electron chi connectivity index (χ1n) is 6.10. The molecule has 1 aromatic heterocycles. The summed E-state index contributed by atoms with van der Waals surface area (Å²) < 4.78 is 0. The number of aryl methyl sites for hydroxylation is 1. The van der Waals surface area contributed by atoms with Gasteiger partial charge in [-0.3, -0.25) is 4.79 Å². The topological polar surface area (TPSA) is 59.2 Å². The number of carbonyl (C=O) groups excluding carboxylic acids is 1. The van der Waals surface area contributed by atoms with Crippen molar-refractivity contribution < 1.29 is 4.79 Å². The Morgan fingerprint density at radius 1 is 1.26 bits per heavy atom. The minimum atomic E-state index is -0.131. The molecule has 1 aromatic carbocycles. The fraction of sp³-hybridized carbons (Fsp3) is 0.200. The van der Waals surface area contributed by atoms with Gasteiger partial charge < -0.3 is 10.6 Å². The Kier molecular flexibility index (Phi) is 3.80. The standard InChI is InChI=1S/C15H17N3O/c1-11-5-3-6-12(9-11)10-18(2)15(19)13-7-4-8-14(16)17-13/h3-9H,10H2,1-2H3,(H2,16,17). The molecule has 4 nitrogen and oxygen atoms in total. The Bertz CT molecular complexity index is 595. The van der Waals surface area contributed by atoms with E-state index in [0.29, 0.717) is 18.1 Å². The largest absolute Gasteiger partial charge is 0.384 e. The van der Waals surface area contributed by atoms with Gasteiger partial charge in [0, 0.05) is 13.6 Å². The minimum Gasteiger partial charge on any atom is -0.384 e. The molecule has 0 aliphatic rings. The zero-order chi connectivity index (χ0) is 13.8. The number of anilines is 1. The lowest BCUT2D eigenvalue weighted by Gasteiger charge is -2.17. The maximum Gasteiger partial charge on any atom is 0.272 e. The van der Waals surface area contributed by atoms with Gasteiger partial charge in [0.15, 0.2) is 0 Å². The van der Waals surface area contributed by atoms with E-state index in [0.717, 1.165) is 5.56 Å². The van der Waals surface area contributed by atoms with E-state index < -0.39 is 0 Å². The highest BCUT2D eigenvalue weighted by atomic mass is 16.2. The molecular formula is C15H17N3O. The summed E-state index contributed by atoms with van der Waals surface area (Å²) in [4.78, 5) is 17.9. The Morgan fingerprint density at radius 3 is 2.68 bits per heavy atom. The third-order valence-electron chi connectivity index (χ3n) is 2.84. The molecule has 98 valence electrons. The molecule has 1 heterocycles. The van der Waals surface area contributed by atoms with Gasteiger partial charge in [-0.15, -0.1) is 0 Å². The van der Waals surface area contributed by atoms with Crippen molar-refractivity contribution in [1.29, 1.82) is 0 Å². The Labute approximate surface area is 112 Å². The lowest BCUT2D eigenvalue weighted by Crippen LogP contribution is -2.27. The van der Waals surface area contributed by atoms with Crippen LogP contribution in [0.2, 0.25) is 0 Å². The summed E-state index contributed by atoms with van der Waals surface area (Å²) in [5, 5.41) is 0. The average molecular weight is 255 g/mol. The van der Waals surface area contributed by atoms with Gasteiger partial charge in [0.25, 0.3) is 5.91 Å². The first kappa shape index (κ1) is 13.1. The maximum atomic E-state index is 12.2. The first-order chi connectivity index (χ1) is 9.06. The second-order valence-corrected chi connectivity index (χ2v) is 4.60. The lowest BCUT2D eigenvalue weighted by atomic mass is 10.1. The summed E-state index contributed by atoms with van der Waals surface area (Å²) in [6, 6.07) is 13.2. The van der Waals surface area contributed by atoms with E-state index in [1.54, 1.807) is 30.1 Å². The van der Waals surface area contributed by atoms with Crippen LogP contribution in [0.1, 0.15) is 21.6 Å². The number of rotatable bonds is 3. The van der Waals surface area contributed by atoms with Crippen LogP contribution in [0.25, 0.3) is 0 Å². The third-order valence-corrected chi connectivity index (χ3v) is 2.84. The van der Waals surface area contributed by atoms with E-state index >= 15 is 0 Å². The summed E-state index contributed by atoms with van der Waals surface area (Å²) in [5.41, 5.74) is 8.24. The van der Waals surface area contributed by atoms with Crippen molar-refractivity contribution in [3.63, 3.8) is 0 Å². The van der Waals surface area contributed by atoms with Crippen LogP contribution >= 0.6 is 0 Å². The molecule has 4 heteroatoms. The molecule has 0 saturated heterocycles. The molecule has 0 radical (unpaired) electrons. The number of carbonyl (C=O) groups is 1. The van der Waals surface area contributed by atoms with Crippen LogP contribution in [0, 0.1) is 6.92 Å². The van der Waals surface area contributed by atoms with Crippen molar-refractivity contribution in [1.82, 2.24) is 9.88 Å². The van der Waals surface area contributed by atoms with Gasteiger partial charge in [-0.1, -0.05) is 35.9 Å². The van der Waals surface area contributed by atoms with Crippen LogP contribution in [0.3, 0.4) is 0 Å². The molecule has 1 amide bonds. The fourth-order valence-corrected chi connectivity index (χ4v) is 1.92. The molecule has 0 spiro atoms. The molecular weight excluding hydrogens is 238 g/mol. The first-order valence-corrected chi connectivity index (χ1v) is 6.10. The Balaban J connectivity index is 2.12. The van der Waals surface area contributed by atoms with Crippen LogP contribution in [0.5, 0.6) is 0 Å². The highest BCUT2D eigenvalue weighted by Crippen LogP contribution is 2.09. The van der Waals surface area contributed by atoms with Gasteiger partial charge in [-0.2, -0.15) is 0 Å². The number of pyridine rings is 1. The zero-order valence-corrected chi connectivity index (χ0v) is 11.1. The van der Waals surface area contributed by atoms with Gasteiger partial charge in [0.05, 0.1) is 0 Å². The molecule has 0 bridgehead atoms. The Morgan fingerprint density at radius 2 is 2.00 bits per heavy atom. The number of benzene rings is 1. The van der Waals surface area contributed by atoms with Crippen LogP contribution < -0.4 is 5.73 Å². The van der Waals surface area contributed by atoms with Crippen molar-refractivity contribution >= 4 is 11.7 Å². The Hall–Kier alpha value is -2.36. The van der Waals surface area contributed by atoms with Gasteiger partial charge in [0.1, 0.15) is 11.5 Å². The van der Waals surface area contributed by atoms with Crippen LogP contribution in [0.15, 0.2) is 42.5 Å². The van der Waals surface area contributed by atoms with E-state index in [1.165, 1.54) is 5.56 Å². The van der Waals surface area contributed by atoms with E-state index in [9.17, 15) is 4.79 Å². The van der Waals surface area contributed by atoms with E-state index in [4.69, 9.17) is 5.73 Å². The van der Waals surface area contributed by atoms with E-state index in [1.807, 2.05) is 25.1 Å². The number of hydrogen-bond donors (Lipinski definition) is 1. The molecule has 0 aliphatic heterocycles. The quantitative estimate of drug-likeness (QED) is 0.915. The van der Waals surface area contributed by atoms with Crippen molar-refractivity contribution in [3.8, 4) is 0 Å². The van der Waals surface area contributed by atoms with Gasteiger partial charge in [0.2, 0.25) is 0 Å². The molecule has 0 unspecified atom stereocenters. The normalized spacial score (nSPS) is 10.2. The molecule has 2 N–H and O–H groups in total. The van der Waals surface area contributed by atoms with Crippen molar-refractivity contribution in [2.24, 2.45) is 0 Å². The van der Waals surface area contributed by atoms with Crippen molar-refractivity contribution in [2.75, 3.05) is 12.8 Å². The second kappa shape index (κ2) is 5.52. The monoisotopic (exact) mass is 255 g/mol. The molecule has 2 rings (SSSR count). The highest BCUT2D eigenvalue weighted by Gasteiger charge is 2.13. The van der Waals surface area contributed by atoms with Gasteiger partial charge in [-0.05, 0) is 24.6 Å². The number of aromatic nitrogens is 1. The summed E-state index contributed by atoms with van der Waals surface area (Å²) in [5.74, 6) is 0.226. The van der Waals surface area contributed by atoms with Crippen LogP contribution in [-0.4, -0.2) is 22.8 Å². The summed E-state index contributed by atoms with van der Waals surface area (Å²) in [7, 11) is 1.76. The predicted octanol–water partition coefficient (Wildman–Crippen LogP) is 2.24. The SMILES string of the molecule is Cc1cccc(CN(C)C(=O)c2cccc(N)n2)c1. The smallest absolute Gasteiger partial charge is 0.272 e. The summed E-state index contributed by atoms with van der Waals surface area (Å²) >= 11 is 0. The number of nitrogens with zero attached hydrogens (tertiary/aromatic N) is 2. The highest BCUT2D eigenvalue weighted by molar-refractivity contribution is 5.92. The molecule has 0 fully saturated rings. The number of nitrogen functional groups attached to an aromatic ring is 1. The molecule has 2 aromatic rings. The molecule has 0 atom stereocenters. The third kappa shape index (κ3) is 3.31.